The average Bonchev–Trinajstić information content (AvgIpc) is 2.45. The Morgan fingerprint density at radius 3 is 2.62 bits per heavy atom. The van der Waals surface area contributed by atoms with E-state index >= 15 is 0 Å². The van der Waals surface area contributed by atoms with E-state index in [0.717, 1.165) is 13.0 Å². The molecule has 0 bridgehead atoms. The van der Waals surface area contributed by atoms with E-state index in [0.29, 0.717) is 12.2 Å². The van der Waals surface area contributed by atoms with Crippen LogP contribution in [0.1, 0.15) is 6.42 Å². The van der Waals surface area contributed by atoms with Crippen molar-refractivity contribution in [3.8, 4) is 11.8 Å². The smallest absolute Gasteiger partial charge is 0.267 e. The number of rotatable bonds is 7. The molecule has 6 nitrogen and oxygen atoms in total. The molecule has 0 spiro atoms. The Hall–Kier alpha value is -2.52. The number of nitrogens with zero attached hydrogens (tertiary/aromatic N) is 2. The minimum atomic E-state index is -0.483. The van der Waals surface area contributed by atoms with Crippen molar-refractivity contribution in [1.82, 2.24) is 10.2 Å². The van der Waals surface area contributed by atoms with Crippen molar-refractivity contribution in [2.45, 2.75) is 6.42 Å². The molecule has 0 unspecified atom stereocenters. The molecule has 0 aromatic heterocycles. The highest BCUT2D eigenvalue weighted by Gasteiger charge is 2.08. The molecule has 0 aliphatic rings. The summed E-state index contributed by atoms with van der Waals surface area (Å²) < 4.78 is 0. The number of nitriles is 1. The van der Waals surface area contributed by atoms with Gasteiger partial charge in [-0.05, 0) is 51.3 Å². The Balaban J connectivity index is 2.49. The molecule has 0 heterocycles. The van der Waals surface area contributed by atoms with Gasteiger partial charge in [-0.1, -0.05) is 0 Å². The topological polar surface area (TPSA) is 88.4 Å². The van der Waals surface area contributed by atoms with Crippen molar-refractivity contribution in [1.29, 1.82) is 5.26 Å². The molecule has 21 heavy (non-hydrogen) atoms. The fourth-order valence-electron chi connectivity index (χ4n) is 1.56. The Kier molecular flexibility index (Phi) is 6.78. The molecule has 0 saturated heterocycles. The summed E-state index contributed by atoms with van der Waals surface area (Å²) in [5, 5.41) is 23.7. The SMILES string of the molecule is CN(C)CCCN/C=C(/C#N)C(=O)Nc1ccc(O)cc1. The first-order valence-corrected chi connectivity index (χ1v) is 6.61. The van der Waals surface area contributed by atoms with Gasteiger partial charge in [0.25, 0.3) is 5.91 Å². The van der Waals surface area contributed by atoms with E-state index in [1.807, 2.05) is 20.2 Å². The lowest BCUT2D eigenvalue weighted by atomic mass is 10.2. The van der Waals surface area contributed by atoms with Gasteiger partial charge < -0.3 is 20.6 Å². The summed E-state index contributed by atoms with van der Waals surface area (Å²) in [5.74, 6) is -0.366. The quantitative estimate of drug-likeness (QED) is 0.304. The second-order valence-electron chi connectivity index (χ2n) is 4.78. The maximum absolute atomic E-state index is 11.9. The number of anilines is 1. The first-order valence-electron chi connectivity index (χ1n) is 6.61. The number of benzene rings is 1. The second kappa shape index (κ2) is 8.61. The van der Waals surface area contributed by atoms with Crippen molar-refractivity contribution in [2.75, 3.05) is 32.5 Å². The maximum Gasteiger partial charge on any atom is 0.267 e. The molecule has 1 amide bonds. The molecule has 0 fully saturated rings. The summed E-state index contributed by atoms with van der Waals surface area (Å²) in [6, 6.07) is 7.91. The maximum atomic E-state index is 11.9. The molecular formula is C15H20N4O2. The van der Waals surface area contributed by atoms with Crippen LogP contribution < -0.4 is 10.6 Å². The Morgan fingerprint density at radius 1 is 1.38 bits per heavy atom. The average molecular weight is 288 g/mol. The first-order chi connectivity index (χ1) is 10.0. The molecule has 3 N–H and O–H groups in total. The van der Waals surface area contributed by atoms with Gasteiger partial charge in [0.2, 0.25) is 0 Å². The summed E-state index contributed by atoms with van der Waals surface area (Å²) in [4.78, 5) is 14.0. The number of aromatic hydroxyl groups is 1. The van der Waals surface area contributed by atoms with Gasteiger partial charge in [-0.25, -0.2) is 0 Å². The van der Waals surface area contributed by atoms with E-state index in [1.165, 1.54) is 18.3 Å². The van der Waals surface area contributed by atoms with Crippen LogP contribution in [0, 0.1) is 11.3 Å². The molecule has 1 aromatic carbocycles. The monoisotopic (exact) mass is 288 g/mol. The molecule has 0 aliphatic carbocycles. The number of amides is 1. The first kappa shape index (κ1) is 16.5. The Labute approximate surface area is 124 Å². The fraction of sp³-hybridized carbons (Fsp3) is 0.333. The zero-order valence-electron chi connectivity index (χ0n) is 12.3. The second-order valence-corrected chi connectivity index (χ2v) is 4.78. The lowest BCUT2D eigenvalue weighted by molar-refractivity contribution is -0.112. The minimum Gasteiger partial charge on any atom is -0.508 e. The van der Waals surface area contributed by atoms with Gasteiger partial charge in [0.15, 0.2) is 0 Å². The molecule has 112 valence electrons. The molecule has 1 rings (SSSR count). The Morgan fingerprint density at radius 2 is 2.05 bits per heavy atom. The number of phenolic OH excluding ortho intramolecular Hbond substituents is 1. The highest BCUT2D eigenvalue weighted by atomic mass is 16.3. The number of nitrogens with one attached hydrogen (secondary N) is 2. The molecule has 0 saturated carbocycles. The van der Waals surface area contributed by atoms with Gasteiger partial charge in [0, 0.05) is 18.4 Å². The lowest BCUT2D eigenvalue weighted by Gasteiger charge is -2.09. The summed E-state index contributed by atoms with van der Waals surface area (Å²) in [5.41, 5.74) is 0.527. The van der Waals surface area contributed by atoms with Gasteiger partial charge in [-0.3, -0.25) is 4.79 Å². The highest BCUT2D eigenvalue weighted by Crippen LogP contribution is 2.14. The van der Waals surface area contributed by atoms with E-state index in [4.69, 9.17) is 10.4 Å². The van der Waals surface area contributed by atoms with Gasteiger partial charge in [0.05, 0.1) is 0 Å². The number of hydrogen-bond acceptors (Lipinski definition) is 5. The van der Waals surface area contributed by atoms with E-state index in [9.17, 15) is 4.79 Å². The summed E-state index contributed by atoms with van der Waals surface area (Å²) in [6.45, 7) is 1.62. The predicted octanol–water partition coefficient (Wildman–Crippen LogP) is 1.28. The van der Waals surface area contributed by atoms with E-state index < -0.39 is 5.91 Å². The van der Waals surface area contributed by atoms with E-state index in [2.05, 4.69) is 15.5 Å². The third-order valence-electron chi connectivity index (χ3n) is 2.66. The van der Waals surface area contributed by atoms with Crippen LogP contribution >= 0.6 is 0 Å². The predicted molar refractivity (Wildman–Crippen MR) is 81.6 cm³/mol. The molecule has 0 atom stereocenters. The van der Waals surface area contributed by atoms with Crippen LogP contribution in [0.2, 0.25) is 0 Å². The largest absolute Gasteiger partial charge is 0.508 e. The van der Waals surface area contributed by atoms with Crippen LogP contribution in [0.3, 0.4) is 0 Å². The summed E-state index contributed by atoms with van der Waals surface area (Å²) in [7, 11) is 3.98. The zero-order chi connectivity index (χ0) is 15.7. The number of carbonyl (C=O) groups excluding carboxylic acids is 1. The van der Waals surface area contributed by atoms with Crippen molar-refractivity contribution in [2.24, 2.45) is 0 Å². The fourth-order valence-corrected chi connectivity index (χ4v) is 1.56. The van der Waals surface area contributed by atoms with Crippen LogP contribution in [0.4, 0.5) is 5.69 Å². The van der Waals surface area contributed by atoms with Crippen LogP contribution in [0.15, 0.2) is 36.0 Å². The number of phenols is 1. The van der Waals surface area contributed by atoms with Crippen molar-refractivity contribution in [3.63, 3.8) is 0 Å². The number of hydrogen-bond donors (Lipinski definition) is 3. The summed E-state index contributed by atoms with van der Waals surface area (Å²) in [6.07, 6.45) is 2.34. The van der Waals surface area contributed by atoms with Crippen LogP contribution in [-0.2, 0) is 4.79 Å². The third-order valence-corrected chi connectivity index (χ3v) is 2.66. The van der Waals surface area contributed by atoms with Crippen molar-refractivity contribution < 1.29 is 9.90 Å². The minimum absolute atomic E-state index is 0.00734. The van der Waals surface area contributed by atoms with Gasteiger partial charge in [-0.15, -0.1) is 0 Å². The molecular weight excluding hydrogens is 268 g/mol. The standard InChI is InChI=1S/C15H20N4O2/c1-19(2)9-3-8-17-11-12(10-16)15(21)18-13-4-6-14(20)7-5-13/h4-7,11,17,20H,3,8-9H2,1-2H3,(H,18,21)/b12-11-. The van der Waals surface area contributed by atoms with E-state index in [-0.39, 0.29) is 11.3 Å². The normalized spacial score (nSPS) is 11.0. The van der Waals surface area contributed by atoms with Crippen LogP contribution in [-0.4, -0.2) is 43.1 Å². The van der Waals surface area contributed by atoms with Gasteiger partial charge in [-0.2, -0.15) is 5.26 Å². The molecule has 0 radical (unpaired) electrons. The number of carbonyl (C=O) groups is 1. The van der Waals surface area contributed by atoms with Gasteiger partial charge >= 0.3 is 0 Å². The highest BCUT2D eigenvalue weighted by molar-refractivity contribution is 6.06. The van der Waals surface area contributed by atoms with Crippen molar-refractivity contribution >= 4 is 11.6 Å². The molecule has 1 aromatic rings. The van der Waals surface area contributed by atoms with E-state index in [1.54, 1.807) is 12.1 Å². The van der Waals surface area contributed by atoms with Gasteiger partial charge in [0.1, 0.15) is 17.4 Å². The van der Waals surface area contributed by atoms with Crippen LogP contribution in [0.5, 0.6) is 5.75 Å². The third kappa shape index (κ3) is 6.45. The molecule has 0 aliphatic heterocycles. The Bertz CT molecular complexity index is 530. The van der Waals surface area contributed by atoms with Crippen LogP contribution in [0.25, 0.3) is 0 Å². The lowest BCUT2D eigenvalue weighted by Crippen LogP contribution is -2.20. The molecule has 6 heteroatoms. The summed E-state index contributed by atoms with van der Waals surface area (Å²) >= 11 is 0. The van der Waals surface area contributed by atoms with Crippen molar-refractivity contribution in [3.05, 3.63) is 36.0 Å². The zero-order valence-corrected chi connectivity index (χ0v) is 12.3.